The van der Waals surface area contributed by atoms with E-state index in [4.69, 9.17) is 0 Å². The normalized spacial score (nSPS) is 10.1. The highest BCUT2D eigenvalue weighted by Crippen LogP contribution is 2.02. The number of hydrogen-bond acceptors (Lipinski definition) is 2. The van der Waals surface area contributed by atoms with Crippen LogP contribution in [0.25, 0.3) is 0 Å². The molecule has 2 rings (SSSR count). The first kappa shape index (κ1) is 12.0. The summed E-state index contributed by atoms with van der Waals surface area (Å²) >= 11 is 0. The number of aromatic nitrogens is 1. The third-order valence-electron chi connectivity index (χ3n) is 2.38. The van der Waals surface area contributed by atoms with Gasteiger partial charge in [-0.05, 0) is 17.7 Å². The molecule has 4 nitrogen and oxygen atoms in total. The van der Waals surface area contributed by atoms with Crippen molar-refractivity contribution in [3.8, 4) is 0 Å². The fourth-order valence-electron chi connectivity index (χ4n) is 1.46. The molecule has 18 heavy (non-hydrogen) atoms. The average molecular weight is 246 g/mol. The second-order valence-corrected chi connectivity index (χ2v) is 3.75. The number of pyridine rings is 1. The molecule has 0 aliphatic rings. The van der Waals surface area contributed by atoms with Crippen LogP contribution in [0.15, 0.2) is 47.4 Å². The van der Waals surface area contributed by atoms with Crippen molar-refractivity contribution in [2.45, 2.75) is 6.54 Å². The molecule has 1 heterocycles. The molecule has 1 aromatic carbocycles. The maximum absolute atomic E-state index is 12.7. The number of amides is 1. The number of aromatic amines is 1. The van der Waals surface area contributed by atoms with E-state index in [1.165, 1.54) is 30.5 Å². The molecule has 0 aliphatic carbocycles. The van der Waals surface area contributed by atoms with E-state index in [0.717, 1.165) is 5.56 Å². The lowest BCUT2D eigenvalue weighted by Gasteiger charge is -2.05. The molecule has 0 fully saturated rings. The first-order chi connectivity index (χ1) is 8.65. The van der Waals surface area contributed by atoms with E-state index in [1.54, 1.807) is 12.1 Å². The van der Waals surface area contributed by atoms with E-state index in [0.29, 0.717) is 0 Å². The van der Waals surface area contributed by atoms with Crippen LogP contribution >= 0.6 is 0 Å². The number of H-pyrrole nitrogens is 1. The van der Waals surface area contributed by atoms with Gasteiger partial charge in [0.05, 0.1) is 0 Å². The van der Waals surface area contributed by atoms with Gasteiger partial charge in [0.1, 0.15) is 11.5 Å². The number of nitrogens with one attached hydrogen (secondary N) is 2. The Kier molecular flexibility index (Phi) is 3.52. The lowest BCUT2D eigenvalue weighted by molar-refractivity contribution is 0.0946. The molecule has 0 spiro atoms. The number of carbonyl (C=O) groups is 1. The molecule has 2 N–H and O–H groups in total. The number of hydrogen-bond donors (Lipinski definition) is 2. The van der Waals surface area contributed by atoms with Crippen LogP contribution in [0.1, 0.15) is 16.1 Å². The minimum Gasteiger partial charge on any atom is -0.357 e. The van der Waals surface area contributed by atoms with Crippen molar-refractivity contribution >= 4 is 5.91 Å². The Morgan fingerprint density at radius 1 is 1.22 bits per heavy atom. The van der Waals surface area contributed by atoms with Crippen molar-refractivity contribution in [1.29, 1.82) is 0 Å². The zero-order chi connectivity index (χ0) is 13.0. The summed E-state index contributed by atoms with van der Waals surface area (Å²) in [6, 6.07) is 8.38. The number of carbonyl (C=O) groups excluding carboxylic acids is 1. The van der Waals surface area contributed by atoms with Gasteiger partial charge in [-0.15, -0.1) is 0 Å². The van der Waals surface area contributed by atoms with Crippen LogP contribution in [0.2, 0.25) is 0 Å². The van der Waals surface area contributed by atoms with Crippen LogP contribution in [0.4, 0.5) is 4.39 Å². The number of rotatable bonds is 3. The largest absolute Gasteiger partial charge is 0.357 e. The highest BCUT2D eigenvalue weighted by atomic mass is 19.1. The molecule has 2 aromatic rings. The molecular formula is C13H11FN2O2. The van der Waals surface area contributed by atoms with E-state index in [1.807, 2.05) is 0 Å². The summed E-state index contributed by atoms with van der Waals surface area (Å²) in [5, 5.41) is 2.63. The van der Waals surface area contributed by atoms with Gasteiger partial charge in [0.15, 0.2) is 5.43 Å². The third kappa shape index (κ3) is 3.04. The molecule has 5 heteroatoms. The Morgan fingerprint density at radius 2 is 1.94 bits per heavy atom. The summed E-state index contributed by atoms with van der Waals surface area (Å²) in [4.78, 5) is 25.4. The molecule has 1 amide bonds. The van der Waals surface area contributed by atoms with Crippen molar-refractivity contribution in [1.82, 2.24) is 10.3 Å². The van der Waals surface area contributed by atoms with Gasteiger partial charge in [-0.25, -0.2) is 4.39 Å². The highest BCUT2D eigenvalue weighted by molar-refractivity contribution is 5.92. The quantitative estimate of drug-likeness (QED) is 0.860. The summed E-state index contributed by atoms with van der Waals surface area (Å²) in [7, 11) is 0. The molecule has 1 aromatic heterocycles. The molecule has 0 saturated carbocycles. The summed E-state index contributed by atoms with van der Waals surface area (Å²) in [6.45, 7) is 0.274. The average Bonchev–Trinajstić information content (AvgIpc) is 2.38. The van der Waals surface area contributed by atoms with Crippen LogP contribution < -0.4 is 10.7 Å². The minimum absolute atomic E-state index is 0.199. The fraction of sp³-hybridized carbons (Fsp3) is 0.0769. The summed E-state index contributed by atoms with van der Waals surface area (Å²) < 4.78 is 12.7. The minimum atomic E-state index is -0.378. The molecular weight excluding hydrogens is 235 g/mol. The zero-order valence-electron chi connectivity index (χ0n) is 9.44. The summed E-state index contributed by atoms with van der Waals surface area (Å²) in [5.74, 6) is -0.700. The lowest BCUT2D eigenvalue weighted by atomic mass is 10.2. The van der Waals surface area contributed by atoms with Gasteiger partial charge in [0.2, 0.25) is 0 Å². The molecule has 0 atom stereocenters. The molecule has 0 saturated heterocycles. The maximum Gasteiger partial charge on any atom is 0.268 e. The second-order valence-electron chi connectivity index (χ2n) is 3.75. The topological polar surface area (TPSA) is 62.0 Å². The summed E-state index contributed by atoms with van der Waals surface area (Å²) in [5.41, 5.74) is 0.744. The molecule has 0 unspecified atom stereocenters. The van der Waals surface area contributed by atoms with Gasteiger partial charge in [-0.1, -0.05) is 12.1 Å². The van der Waals surface area contributed by atoms with E-state index in [-0.39, 0.29) is 29.4 Å². The van der Waals surface area contributed by atoms with Crippen molar-refractivity contribution in [3.05, 3.63) is 69.9 Å². The van der Waals surface area contributed by atoms with Gasteiger partial charge < -0.3 is 10.3 Å². The van der Waals surface area contributed by atoms with Gasteiger partial charge in [-0.3, -0.25) is 9.59 Å². The second kappa shape index (κ2) is 5.27. The van der Waals surface area contributed by atoms with E-state index in [2.05, 4.69) is 10.3 Å². The zero-order valence-corrected chi connectivity index (χ0v) is 9.44. The monoisotopic (exact) mass is 246 g/mol. The van der Waals surface area contributed by atoms with Gasteiger partial charge in [0, 0.05) is 24.9 Å². The molecule has 0 radical (unpaired) electrons. The first-order valence-electron chi connectivity index (χ1n) is 5.36. The van der Waals surface area contributed by atoms with Crippen molar-refractivity contribution in [2.75, 3.05) is 0 Å². The van der Waals surface area contributed by atoms with Crippen LogP contribution in [-0.4, -0.2) is 10.9 Å². The van der Waals surface area contributed by atoms with Gasteiger partial charge >= 0.3 is 0 Å². The lowest BCUT2D eigenvalue weighted by Crippen LogP contribution is -2.24. The van der Waals surface area contributed by atoms with Gasteiger partial charge in [0.25, 0.3) is 5.91 Å². The molecule has 0 bridgehead atoms. The fourth-order valence-corrected chi connectivity index (χ4v) is 1.46. The summed E-state index contributed by atoms with van der Waals surface area (Å²) in [6.07, 6.45) is 1.41. The Balaban J connectivity index is 2.00. The van der Waals surface area contributed by atoms with Crippen molar-refractivity contribution < 1.29 is 9.18 Å². The van der Waals surface area contributed by atoms with Crippen molar-refractivity contribution in [3.63, 3.8) is 0 Å². The third-order valence-corrected chi connectivity index (χ3v) is 2.38. The molecule has 92 valence electrons. The predicted molar refractivity (Wildman–Crippen MR) is 64.6 cm³/mol. The number of halogens is 1. The Morgan fingerprint density at radius 3 is 2.61 bits per heavy atom. The Labute approximate surface area is 102 Å². The maximum atomic E-state index is 12.7. The van der Waals surface area contributed by atoms with Crippen LogP contribution in [0.3, 0.4) is 0 Å². The van der Waals surface area contributed by atoms with Crippen LogP contribution in [0, 0.1) is 5.82 Å². The van der Waals surface area contributed by atoms with E-state index < -0.39 is 0 Å². The van der Waals surface area contributed by atoms with E-state index in [9.17, 15) is 14.0 Å². The first-order valence-corrected chi connectivity index (χ1v) is 5.36. The van der Waals surface area contributed by atoms with Crippen molar-refractivity contribution in [2.24, 2.45) is 0 Å². The van der Waals surface area contributed by atoms with Crippen LogP contribution in [-0.2, 0) is 6.54 Å². The predicted octanol–water partition coefficient (Wildman–Crippen LogP) is 1.44. The van der Waals surface area contributed by atoms with Crippen LogP contribution in [0.5, 0.6) is 0 Å². The SMILES string of the molecule is O=C(NCc1ccc(F)cc1)c1cc(=O)cc[nH]1. The highest BCUT2D eigenvalue weighted by Gasteiger charge is 2.05. The van der Waals surface area contributed by atoms with E-state index >= 15 is 0 Å². The number of benzene rings is 1. The Hall–Kier alpha value is -2.43. The smallest absolute Gasteiger partial charge is 0.268 e. The van der Waals surface area contributed by atoms with Gasteiger partial charge in [-0.2, -0.15) is 0 Å². The Bertz CT molecular complexity index is 605. The molecule has 0 aliphatic heterocycles. The standard InChI is InChI=1S/C13H11FN2O2/c14-10-3-1-9(2-4-10)8-16-13(18)12-7-11(17)5-6-15-12/h1-7H,8H2,(H,15,17)(H,16,18).